The van der Waals surface area contributed by atoms with Crippen molar-refractivity contribution in [1.82, 2.24) is 10.6 Å². The van der Waals surface area contributed by atoms with Crippen LogP contribution in [-0.4, -0.2) is 37.8 Å². The van der Waals surface area contributed by atoms with E-state index < -0.39 is 0 Å². The Labute approximate surface area is 157 Å². The van der Waals surface area contributed by atoms with Crippen molar-refractivity contribution in [3.05, 3.63) is 33.8 Å². The maximum atomic E-state index is 12.1. The highest BCUT2D eigenvalue weighted by atomic mass is 35.5. The Hall–Kier alpha value is -1.43. The van der Waals surface area contributed by atoms with Crippen LogP contribution in [0.5, 0.6) is 0 Å². The van der Waals surface area contributed by atoms with Gasteiger partial charge < -0.3 is 15.4 Å². The molecule has 1 fully saturated rings. The van der Waals surface area contributed by atoms with Crippen LogP contribution in [0.15, 0.2) is 18.2 Å². The van der Waals surface area contributed by atoms with Crippen molar-refractivity contribution in [2.75, 3.05) is 19.7 Å². The molecule has 0 spiro atoms. The van der Waals surface area contributed by atoms with E-state index in [1.54, 1.807) is 6.07 Å². The highest BCUT2D eigenvalue weighted by molar-refractivity contribution is 6.42. The van der Waals surface area contributed by atoms with Crippen LogP contribution in [-0.2, 0) is 19.1 Å². The van der Waals surface area contributed by atoms with E-state index in [1.807, 2.05) is 26.0 Å². The molecular formula is C17H22Cl2N2O4. The van der Waals surface area contributed by atoms with Crippen molar-refractivity contribution >= 4 is 35.3 Å². The summed E-state index contributed by atoms with van der Waals surface area (Å²) in [7, 11) is 0. The predicted octanol–water partition coefficient (Wildman–Crippen LogP) is 2.60. The molecule has 0 aliphatic carbocycles. The summed E-state index contributed by atoms with van der Waals surface area (Å²) >= 11 is 12.1. The van der Waals surface area contributed by atoms with Gasteiger partial charge in [-0.05, 0) is 31.5 Å². The van der Waals surface area contributed by atoms with Gasteiger partial charge in [-0.25, -0.2) is 0 Å². The molecule has 1 aromatic rings. The van der Waals surface area contributed by atoms with Gasteiger partial charge >= 0.3 is 6.15 Å². The Morgan fingerprint density at radius 3 is 2.64 bits per heavy atom. The largest absolute Gasteiger partial charge is 0.373 e. The number of carbonyl (C=O) groups is 1. The molecule has 0 aromatic heterocycles. The molecule has 1 heterocycles. The Morgan fingerprint density at radius 2 is 2.04 bits per heavy atom. The zero-order valence-electron chi connectivity index (χ0n) is 14.2. The summed E-state index contributed by atoms with van der Waals surface area (Å²) in [4.78, 5) is 28.3. The van der Waals surface area contributed by atoms with Gasteiger partial charge in [0.05, 0.1) is 22.8 Å². The molecule has 2 rings (SSSR count). The molecule has 1 amide bonds. The van der Waals surface area contributed by atoms with Gasteiger partial charge in [-0.1, -0.05) is 29.3 Å². The minimum atomic E-state index is -0.164. The summed E-state index contributed by atoms with van der Waals surface area (Å²) < 4.78 is 5.96. The number of rotatable bonds is 4. The summed E-state index contributed by atoms with van der Waals surface area (Å²) in [6.45, 7) is 6.02. The molecule has 2 N–H and O–H groups in total. The first-order chi connectivity index (χ1) is 11.9. The first kappa shape index (κ1) is 21.6. The van der Waals surface area contributed by atoms with Crippen LogP contribution in [0.1, 0.15) is 31.9 Å². The molecule has 0 unspecified atom stereocenters. The third-order valence-electron chi connectivity index (χ3n) is 3.58. The topological polar surface area (TPSA) is 84.5 Å². The van der Waals surface area contributed by atoms with E-state index in [-0.39, 0.29) is 30.1 Å². The number of nitrogens with one attached hydrogen (secondary N) is 2. The highest BCUT2D eigenvalue weighted by Gasteiger charge is 2.28. The number of hydrogen-bond acceptors (Lipinski definition) is 5. The first-order valence-corrected chi connectivity index (χ1v) is 8.70. The monoisotopic (exact) mass is 388 g/mol. The zero-order valence-corrected chi connectivity index (χ0v) is 15.7. The van der Waals surface area contributed by atoms with Gasteiger partial charge in [0.25, 0.3) is 0 Å². The smallest absolute Gasteiger partial charge is 0.372 e. The molecule has 138 valence electrons. The van der Waals surface area contributed by atoms with Crippen molar-refractivity contribution in [2.45, 2.75) is 32.4 Å². The summed E-state index contributed by atoms with van der Waals surface area (Å²) in [6.07, 6.45) is 0.499. The molecule has 0 radical (unpaired) electrons. The Kier molecular flexibility index (Phi) is 9.71. The van der Waals surface area contributed by atoms with Crippen molar-refractivity contribution in [3.8, 4) is 0 Å². The van der Waals surface area contributed by atoms with Crippen molar-refractivity contribution < 1.29 is 19.1 Å². The van der Waals surface area contributed by atoms with Crippen LogP contribution in [0.2, 0.25) is 10.0 Å². The van der Waals surface area contributed by atoms with Gasteiger partial charge in [-0.3, -0.25) is 4.79 Å². The minimum absolute atomic E-state index is 0.0392. The first-order valence-electron chi connectivity index (χ1n) is 7.95. The molecule has 1 aliphatic rings. The summed E-state index contributed by atoms with van der Waals surface area (Å²) in [5.41, 5.74) is 0.959. The standard InChI is InChI=1S/C16H22Cl2N2O2.CO2/c1-10(2)20-15(21)8-12-9-19-5-6-22-16(12)11-3-4-13(17)14(18)7-11;2-1-3/h3-4,7,10,12,16,19H,5-6,8-9H2,1-2H3,(H,20,21);/t12-,16+;/m1./s1. The predicted molar refractivity (Wildman–Crippen MR) is 94.4 cm³/mol. The third-order valence-corrected chi connectivity index (χ3v) is 4.32. The number of ether oxygens (including phenoxy) is 1. The van der Waals surface area contributed by atoms with Gasteiger partial charge in [0.1, 0.15) is 0 Å². The lowest BCUT2D eigenvalue weighted by molar-refractivity contribution is -0.191. The van der Waals surface area contributed by atoms with Crippen LogP contribution in [0.3, 0.4) is 0 Å². The molecule has 2 atom stereocenters. The zero-order chi connectivity index (χ0) is 18.8. The van der Waals surface area contributed by atoms with E-state index in [9.17, 15) is 4.79 Å². The quantitative estimate of drug-likeness (QED) is 0.827. The fourth-order valence-electron chi connectivity index (χ4n) is 2.64. The van der Waals surface area contributed by atoms with E-state index in [1.165, 1.54) is 0 Å². The van der Waals surface area contributed by atoms with E-state index in [2.05, 4.69) is 10.6 Å². The second-order valence-electron chi connectivity index (χ2n) is 5.94. The highest BCUT2D eigenvalue weighted by Crippen LogP contribution is 2.33. The molecular weight excluding hydrogens is 367 g/mol. The third kappa shape index (κ3) is 7.55. The van der Waals surface area contributed by atoms with Crippen LogP contribution < -0.4 is 10.6 Å². The Balaban J connectivity index is 0.000000970. The second kappa shape index (κ2) is 11.2. The van der Waals surface area contributed by atoms with Gasteiger partial charge in [0.15, 0.2) is 0 Å². The molecule has 1 saturated heterocycles. The number of benzene rings is 1. The van der Waals surface area contributed by atoms with E-state index in [0.717, 1.165) is 18.7 Å². The van der Waals surface area contributed by atoms with Crippen LogP contribution in [0, 0.1) is 5.92 Å². The van der Waals surface area contributed by atoms with Gasteiger partial charge in [0, 0.05) is 31.5 Å². The summed E-state index contributed by atoms with van der Waals surface area (Å²) in [6, 6.07) is 5.65. The van der Waals surface area contributed by atoms with Gasteiger partial charge in [0.2, 0.25) is 5.91 Å². The van der Waals surface area contributed by atoms with E-state index >= 15 is 0 Å². The molecule has 0 saturated carbocycles. The number of hydrogen-bond donors (Lipinski definition) is 2. The maximum absolute atomic E-state index is 12.1. The average molecular weight is 389 g/mol. The Bertz CT molecular complexity index is 604. The van der Waals surface area contributed by atoms with Crippen LogP contribution in [0.4, 0.5) is 0 Å². The van der Waals surface area contributed by atoms with Crippen LogP contribution >= 0.6 is 23.2 Å². The molecule has 8 heteroatoms. The fourth-order valence-corrected chi connectivity index (χ4v) is 2.95. The average Bonchev–Trinajstić information content (AvgIpc) is 2.75. The fraction of sp³-hybridized carbons (Fsp3) is 0.529. The Morgan fingerprint density at radius 1 is 1.36 bits per heavy atom. The van der Waals surface area contributed by atoms with Crippen molar-refractivity contribution in [3.63, 3.8) is 0 Å². The van der Waals surface area contributed by atoms with E-state index in [0.29, 0.717) is 23.1 Å². The molecule has 1 aliphatic heterocycles. The second-order valence-corrected chi connectivity index (χ2v) is 6.75. The number of amides is 1. The van der Waals surface area contributed by atoms with E-state index in [4.69, 9.17) is 37.5 Å². The van der Waals surface area contributed by atoms with Crippen molar-refractivity contribution in [1.29, 1.82) is 0 Å². The molecule has 1 aromatic carbocycles. The SMILES string of the molecule is CC(C)NC(=O)C[C@@H]1CNCCO[C@H]1c1ccc(Cl)c(Cl)c1.O=C=O. The van der Waals surface area contributed by atoms with Gasteiger partial charge in [-0.15, -0.1) is 0 Å². The number of halogens is 2. The number of carbonyl (C=O) groups excluding carboxylic acids is 3. The van der Waals surface area contributed by atoms with Crippen LogP contribution in [0.25, 0.3) is 0 Å². The lowest BCUT2D eigenvalue weighted by Gasteiger charge is -2.25. The minimum Gasteiger partial charge on any atom is -0.372 e. The molecule has 25 heavy (non-hydrogen) atoms. The lowest BCUT2D eigenvalue weighted by Crippen LogP contribution is -2.35. The molecule has 6 nitrogen and oxygen atoms in total. The molecule has 0 bridgehead atoms. The summed E-state index contributed by atoms with van der Waals surface area (Å²) in [5, 5.41) is 7.28. The maximum Gasteiger partial charge on any atom is 0.373 e. The summed E-state index contributed by atoms with van der Waals surface area (Å²) in [5.74, 6) is 0.0934. The van der Waals surface area contributed by atoms with Crippen molar-refractivity contribution in [2.24, 2.45) is 5.92 Å². The van der Waals surface area contributed by atoms with Gasteiger partial charge in [-0.2, -0.15) is 9.59 Å². The normalized spacial score (nSPS) is 20.0. The lowest BCUT2D eigenvalue weighted by atomic mass is 9.92.